The van der Waals surface area contributed by atoms with Gasteiger partial charge in [0.15, 0.2) is 0 Å². The number of ether oxygens (including phenoxy) is 1. The molecule has 144 valence electrons. The molecule has 0 N–H and O–H groups in total. The van der Waals surface area contributed by atoms with Gasteiger partial charge in [0, 0.05) is 17.2 Å². The number of anilines is 1. The Bertz CT molecular complexity index is 1010. The van der Waals surface area contributed by atoms with Crippen molar-refractivity contribution >= 4 is 39.0 Å². The van der Waals surface area contributed by atoms with Crippen LogP contribution in [0.5, 0.6) is 0 Å². The third kappa shape index (κ3) is 4.37. The number of carbonyl (C=O) groups excluding carboxylic acids is 1. The van der Waals surface area contributed by atoms with E-state index in [9.17, 15) is 23.3 Å². The Morgan fingerprint density at radius 2 is 1.85 bits per heavy atom. The molecule has 2 aromatic carbocycles. The van der Waals surface area contributed by atoms with Gasteiger partial charge in [0.2, 0.25) is 0 Å². The number of esters is 1. The predicted octanol–water partition coefficient (Wildman–Crippen LogP) is 3.23. The van der Waals surface area contributed by atoms with Gasteiger partial charge in [-0.05, 0) is 43.2 Å². The van der Waals surface area contributed by atoms with Gasteiger partial charge in [0.1, 0.15) is 6.54 Å². The summed E-state index contributed by atoms with van der Waals surface area (Å²) < 4.78 is 32.0. The Labute approximate surface area is 161 Å². The van der Waals surface area contributed by atoms with Gasteiger partial charge in [0.25, 0.3) is 15.7 Å². The van der Waals surface area contributed by atoms with Crippen molar-refractivity contribution < 1.29 is 22.9 Å². The monoisotopic (exact) mass is 412 g/mol. The van der Waals surface area contributed by atoms with Crippen LogP contribution in [0.4, 0.5) is 11.4 Å². The van der Waals surface area contributed by atoms with E-state index in [1.165, 1.54) is 31.2 Å². The molecular weight excluding hydrogens is 396 g/mol. The molecular formula is C17H17ClN2O6S. The van der Waals surface area contributed by atoms with Crippen molar-refractivity contribution in [2.75, 3.05) is 18.0 Å². The number of methoxy groups -OCH3 is 1. The summed E-state index contributed by atoms with van der Waals surface area (Å²) in [5, 5.41) is 11.5. The maximum Gasteiger partial charge on any atom is 0.326 e. The van der Waals surface area contributed by atoms with Crippen molar-refractivity contribution in [3.8, 4) is 0 Å². The summed E-state index contributed by atoms with van der Waals surface area (Å²) in [7, 11) is -3.16. The lowest BCUT2D eigenvalue weighted by atomic mass is 10.2. The Morgan fingerprint density at radius 1 is 1.19 bits per heavy atom. The average molecular weight is 413 g/mol. The second kappa shape index (κ2) is 7.93. The molecule has 8 nitrogen and oxygen atoms in total. The maximum atomic E-state index is 13.3. The molecule has 0 aliphatic rings. The van der Waals surface area contributed by atoms with Crippen LogP contribution in [0.15, 0.2) is 41.3 Å². The Balaban J connectivity index is 2.69. The molecule has 0 radical (unpaired) electrons. The van der Waals surface area contributed by atoms with Crippen molar-refractivity contribution in [2.45, 2.75) is 18.7 Å². The van der Waals surface area contributed by atoms with Crippen molar-refractivity contribution in [3.05, 3.63) is 62.7 Å². The first-order valence-electron chi connectivity index (χ1n) is 7.68. The minimum absolute atomic E-state index is 0.218. The number of sulfonamides is 1. The van der Waals surface area contributed by atoms with Crippen LogP contribution in [0.3, 0.4) is 0 Å². The lowest BCUT2D eigenvalue weighted by Gasteiger charge is -2.25. The normalized spacial score (nSPS) is 11.1. The van der Waals surface area contributed by atoms with Gasteiger partial charge >= 0.3 is 5.97 Å². The average Bonchev–Trinajstić information content (AvgIpc) is 2.59. The first-order chi connectivity index (χ1) is 12.6. The quantitative estimate of drug-likeness (QED) is 0.409. The van der Waals surface area contributed by atoms with E-state index in [1.807, 2.05) is 0 Å². The summed E-state index contributed by atoms with van der Waals surface area (Å²) in [5.41, 5.74) is 0.667. The number of non-ortho nitro benzene ring substituents is 1. The van der Waals surface area contributed by atoms with E-state index in [4.69, 9.17) is 11.6 Å². The summed E-state index contributed by atoms with van der Waals surface area (Å²) in [5.74, 6) is -0.781. The molecule has 0 aliphatic carbocycles. The fourth-order valence-corrected chi connectivity index (χ4v) is 4.43. The van der Waals surface area contributed by atoms with Crippen LogP contribution < -0.4 is 4.31 Å². The zero-order chi connectivity index (χ0) is 20.4. The number of nitrogens with zero attached hydrogens (tertiary/aromatic N) is 2. The van der Waals surface area contributed by atoms with Gasteiger partial charge in [-0.1, -0.05) is 17.7 Å². The summed E-state index contributed by atoms with van der Waals surface area (Å²) >= 11 is 5.93. The number of rotatable bonds is 6. The molecule has 0 aromatic heterocycles. The molecule has 0 bridgehead atoms. The molecule has 2 aromatic rings. The van der Waals surface area contributed by atoms with Gasteiger partial charge in [-0.3, -0.25) is 19.2 Å². The SMILES string of the molecule is COC(=O)CN(c1ccc(Cl)cc1C)S(=O)(=O)c1cc([N+](=O)[O-])ccc1C. The zero-order valence-electron chi connectivity index (χ0n) is 14.8. The first-order valence-corrected chi connectivity index (χ1v) is 9.50. The lowest BCUT2D eigenvalue weighted by Crippen LogP contribution is -2.37. The second-order valence-electron chi connectivity index (χ2n) is 5.73. The number of carbonyl (C=O) groups is 1. The molecule has 2 rings (SSSR count). The van der Waals surface area contributed by atoms with Gasteiger partial charge in [-0.15, -0.1) is 0 Å². The highest BCUT2D eigenvalue weighted by Crippen LogP contribution is 2.31. The van der Waals surface area contributed by atoms with Crippen LogP contribution in [0.25, 0.3) is 0 Å². The number of hydrogen-bond acceptors (Lipinski definition) is 6. The first kappa shape index (κ1) is 20.7. The van der Waals surface area contributed by atoms with E-state index in [2.05, 4.69) is 4.74 Å². The Hall–Kier alpha value is -2.65. The van der Waals surface area contributed by atoms with Crippen LogP contribution in [-0.2, 0) is 19.6 Å². The van der Waals surface area contributed by atoms with Crippen molar-refractivity contribution in [3.63, 3.8) is 0 Å². The Kier molecular flexibility index (Phi) is 6.07. The second-order valence-corrected chi connectivity index (χ2v) is 7.99. The number of nitro groups is 1. The van der Waals surface area contributed by atoms with Crippen molar-refractivity contribution in [1.29, 1.82) is 0 Å². The van der Waals surface area contributed by atoms with E-state index in [-0.39, 0.29) is 16.3 Å². The van der Waals surface area contributed by atoms with Crippen molar-refractivity contribution in [2.24, 2.45) is 0 Å². The molecule has 0 heterocycles. The van der Waals surface area contributed by atoms with E-state index >= 15 is 0 Å². The standard InChI is InChI=1S/C17H17ClN2O6S/c1-11-4-6-14(20(22)23)9-16(11)27(24,25)19(10-17(21)26-3)15-7-5-13(18)8-12(15)2/h4-9H,10H2,1-3H3. The topological polar surface area (TPSA) is 107 Å². The molecule has 0 fully saturated rings. The fourth-order valence-electron chi connectivity index (χ4n) is 2.48. The van der Waals surface area contributed by atoms with Crippen LogP contribution in [0.2, 0.25) is 5.02 Å². The highest BCUT2D eigenvalue weighted by molar-refractivity contribution is 7.93. The molecule has 0 aliphatic heterocycles. The molecule has 27 heavy (non-hydrogen) atoms. The largest absolute Gasteiger partial charge is 0.468 e. The molecule has 0 unspecified atom stereocenters. The molecule has 0 atom stereocenters. The van der Waals surface area contributed by atoms with Crippen molar-refractivity contribution in [1.82, 2.24) is 0 Å². The van der Waals surface area contributed by atoms with E-state index in [1.54, 1.807) is 13.0 Å². The van der Waals surface area contributed by atoms with Gasteiger partial charge in [-0.2, -0.15) is 0 Å². The fraction of sp³-hybridized carbons (Fsp3) is 0.235. The van der Waals surface area contributed by atoms with E-state index < -0.39 is 27.5 Å². The highest BCUT2D eigenvalue weighted by Gasteiger charge is 2.31. The summed E-state index contributed by atoms with van der Waals surface area (Å²) in [6, 6.07) is 8.04. The molecule has 0 amide bonds. The van der Waals surface area contributed by atoms with E-state index in [0.717, 1.165) is 17.5 Å². The smallest absolute Gasteiger partial charge is 0.326 e. The van der Waals surface area contributed by atoms with Gasteiger partial charge in [0.05, 0.1) is 22.6 Å². The molecule has 0 saturated heterocycles. The number of benzene rings is 2. The summed E-state index contributed by atoms with van der Waals surface area (Å²) in [6.07, 6.45) is 0. The van der Waals surface area contributed by atoms with E-state index in [0.29, 0.717) is 16.1 Å². The minimum atomic E-state index is -4.30. The van der Waals surface area contributed by atoms with Crippen LogP contribution in [0.1, 0.15) is 11.1 Å². The van der Waals surface area contributed by atoms with Gasteiger partial charge < -0.3 is 4.74 Å². The third-order valence-electron chi connectivity index (χ3n) is 3.88. The molecule has 0 saturated carbocycles. The number of nitro benzene ring substituents is 1. The van der Waals surface area contributed by atoms with Crippen LogP contribution >= 0.6 is 11.6 Å². The number of aryl methyl sites for hydroxylation is 2. The lowest BCUT2D eigenvalue weighted by molar-refractivity contribution is -0.385. The van der Waals surface area contributed by atoms with Crippen LogP contribution in [0, 0.1) is 24.0 Å². The number of halogens is 1. The predicted molar refractivity (Wildman–Crippen MR) is 101 cm³/mol. The minimum Gasteiger partial charge on any atom is -0.468 e. The highest BCUT2D eigenvalue weighted by atomic mass is 35.5. The summed E-state index contributed by atoms with van der Waals surface area (Å²) in [6.45, 7) is 2.56. The molecule has 0 spiro atoms. The third-order valence-corrected chi connectivity index (χ3v) is 6.02. The molecule has 10 heteroatoms. The van der Waals surface area contributed by atoms with Crippen LogP contribution in [-0.4, -0.2) is 33.0 Å². The summed E-state index contributed by atoms with van der Waals surface area (Å²) in [4.78, 5) is 22.0. The Morgan fingerprint density at radius 3 is 2.41 bits per heavy atom. The maximum absolute atomic E-state index is 13.3. The number of hydrogen-bond donors (Lipinski definition) is 0. The zero-order valence-corrected chi connectivity index (χ0v) is 16.4. The van der Waals surface area contributed by atoms with Gasteiger partial charge in [-0.25, -0.2) is 8.42 Å².